The Hall–Kier alpha value is -1.07. The van der Waals surface area contributed by atoms with Crippen LogP contribution in [-0.2, 0) is 6.54 Å². The van der Waals surface area contributed by atoms with Crippen LogP contribution in [0.15, 0.2) is 11.0 Å². The summed E-state index contributed by atoms with van der Waals surface area (Å²) in [4.78, 5) is 14.2. The predicted molar refractivity (Wildman–Crippen MR) is 77.8 cm³/mol. The lowest BCUT2D eigenvalue weighted by molar-refractivity contribution is 0.382. The standard InChI is InChI=1S/C13H21ClN4O/c1-3-5-18-13(19)12(14)11(7-16-18)17-6-4-10(15)9(2)8-17/h7,9-10H,3-6,8,15H2,1-2H3. The highest BCUT2D eigenvalue weighted by molar-refractivity contribution is 6.33. The number of hydrogen-bond donors (Lipinski definition) is 1. The van der Waals surface area contributed by atoms with Crippen LogP contribution in [-0.4, -0.2) is 28.9 Å². The molecule has 5 nitrogen and oxygen atoms in total. The molecule has 106 valence electrons. The maximum Gasteiger partial charge on any atom is 0.287 e. The molecule has 1 aliphatic heterocycles. The molecule has 0 bridgehead atoms. The van der Waals surface area contributed by atoms with E-state index in [1.54, 1.807) is 6.20 Å². The summed E-state index contributed by atoms with van der Waals surface area (Å²) in [6.45, 7) is 6.37. The first-order valence-electron chi connectivity index (χ1n) is 6.80. The van der Waals surface area contributed by atoms with Gasteiger partial charge >= 0.3 is 0 Å². The number of nitrogens with zero attached hydrogens (tertiary/aromatic N) is 3. The van der Waals surface area contributed by atoms with Crippen LogP contribution in [0.2, 0.25) is 5.02 Å². The molecular formula is C13H21ClN4O. The van der Waals surface area contributed by atoms with Crippen molar-refractivity contribution in [2.24, 2.45) is 11.7 Å². The fraction of sp³-hybridized carbons (Fsp3) is 0.692. The molecule has 1 saturated heterocycles. The van der Waals surface area contributed by atoms with Gasteiger partial charge in [0.1, 0.15) is 5.02 Å². The van der Waals surface area contributed by atoms with Gasteiger partial charge in [-0.15, -0.1) is 0 Å². The maximum atomic E-state index is 12.1. The van der Waals surface area contributed by atoms with Gasteiger partial charge in [-0.05, 0) is 18.8 Å². The first kappa shape index (κ1) is 14.3. The Bertz CT molecular complexity index is 502. The Morgan fingerprint density at radius 2 is 2.32 bits per heavy atom. The summed E-state index contributed by atoms with van der Waals surface area (Å²) in [7, 11) is 0. The van der Waals surface area contributed by atoms with Gasteiger partial charge in [-0.2, -0.15) is 5.10 Å². The van der Waals surface area contributed by atoms with E-state index in [4.69, 9.17) is 17.3 Å². The first-order valence-corrected chi connectivity index (χ1v) is 7.18. The van der Waals surface area contributed by atoms with Crippen LogP contribution in [0.3, 0.4) is 0 Å². The quantitative estimate of drug-likeness (QED) is 0.913. The molecule has 1 aromatic heterocycles. The minimum atomic E-state index is -0.205. The molecule has 19 heavy (non-hydrogen) atoms. The Morgan fingerprint density at radius 3 is 2.95 bits per heavy atom. The Kier molecular flexibility index (Phi) is 4.47. The average Bonchev–Trinajstić information content (AvgIpc) is 2.39. The number of anilines is 1. The summed E-state index contributed by atoms with van der Waals surface area (Å²) in [6.07, 6.45) is 3.47. The topological polar surface area (TPSA) is 64.2 Å². The SMILES string of the molecule is CCCn1ncc(N2CCC(N)C(C)C2)c(Cl)c1=O. The summed E-state index contributed by atoms with van der Waals surface area (Å²) >= 11 is 6.21. The van der Waals surface area contributed by atoms with Crippen molar-refractivity contribution in [3.8, 4) is 0 Å². The molecule has 2 heterocycles. The number of aryl methyl sites for hydroxylation is 1. The fourth-order valence-electron chi connectivity index (χ4n) is 2.43. The number of halogens is 1. The minimum Gasteiger partial charge on any atom is -0.368 e. The van der Waals surface area contributed by atoms with Gasteiger partial charge in [0.2, 0.25) is 0 Å². The average molecular weight is 285 g/mol. The van der Waals surface area contributed by atoms with Crippen LogP contribution in [0.5, 0.6) is 0 Å². The normalized spacial score (nSPS) is 23.7. The number of hydrogen-bond acceptors (Lipinski definition) is 4. The second-order valence-electron chi connectivity index (χ2n) is 5.25. The van der Waals surface area contributed by atoms with Crippen molar-refractivity contribution >= 4 is 17.3 Å². The van der Waals surface area contributed by atoms with E-state index in [2.05, 4.69) is 16.9 Å². The summed E-state index contributed by atoms with van der Waals surface area (Å²) in [5.41, 5.74) is 6.54. The molecule has 0 amide bonds. The Morgan fingerprint density at radius 1 is 1.58 bits per heavy atom. The van der Waals surface area contributed by atoms with Gasteiger partial charge in [0.25, 0.3) is 5.56 Å². The molecule has 0 spiro atoms. The third kappa shape index (κ3) is 2.92. The van der Waals surface area contributed by atoms with E-state index in [-0.39, 0.29) is 16.6 Å². The van der Waals surface area contributed by atoms with E-state index in [0.717, 1.165) is 31.6 Å². The summed E-state index contributed by atoms with van der Waals surface area (Å²) in [5, 5.41) is 4.46. The number of piperidine rings is 1. The lowest BCUT2D eigenvalue weighted by Crippen LogP contribution is -2.46. The lowest BCUT2D eigenvalue weighted by Gasteiger charge is -2.36. The lowest BCUT2D eigenvalue weighted by atomic mass is 9.94. The van der Waals surface area contributed by atoms with Gasteiger partial charge in [-0.1, -0.05) is 25.4 Å². The van der Waals surface area contributed by atoms with Crippen LogP contribution in [0.4, 0.5) is 5.69 Å². The third-order valence-corrected chi connectivity index (χ3v) is 4.07. The molecule has 0 aliphatic carbocycles. The first-order chi connectivity index (χ1) is 9.04. The van der Waals surface area contributed by atoms with Crippen molar-refractivity contribution < 1.29 is 0 Å². The molecule has 2 N–H and O–H groups in total. The smallest absolute Gasteiger partial charge is 0.287 e. The van der Waals surface area contributed by atoms with E-state index in [1.807, 2.05) is 6.92 Å². The highest BCUT2D eigenvalue weighted by atomic mass is 35.5. The molecule has 2 atom stereocenters. The van der Waals surface area contributed by atoms with Gasteiger partial charge in [0.05, 0.1) is 11.9 Å². The molecule has 0 saturated carbocycles. The molecule has 1 fully saturated rings. The zero-order valence-electron chi connectivity index (χ0n) is 11.5. The molecule has 0 radical (unpaired) electrons. The van der Waals surface area contributed by atoms with E-state index >= 15 is 0 Å². The molecule has 1 aliphatic rings. The van der Waals surface area contributed by atoms with Crippen molar-refractivity contribution in [1.29, 1.82) is 0 Å². The largest absolute Gasteiger partial charge is 0.368 e. The van der Waals surface area contributed by atoms with E-state index in [1.165, 1.54) is 4.68 Å². The zero-order valence-corrected chi connectivity index (χ0v) is 12.2. The van der Waals surface area contributed by atoms with Crippen molar-refractivity contribution in [2.45, 2.75) is 39.3 Å². The van der Waals surface area contributed by atoms with Crippen LogP contribution in [0.25, 0.3) is 0 Å². The second-order valence-corrected chi connectivity index (χ2v) is 5.63. The molecule has 0 aromatic carbocycles. The second kappa shape index (κ2) is 5.92. The summed E-state index contributed by atoms with van der Waals surface area (Å²) in [6, 6.07) is 0.225. The van der Waals surface area contributed by atoms with E-state index in [0.29, 0.717) is 12.5 Å². The van der Waals surface area contributed by atoms with Gasteiger partial charge in [0.15, 0.2) is 0 Å². The van der Waals surface area contributed by atoms with Crippen molar-refractivity contribution in [1.82, 2.24) is 9.78 Å². The van der Waals surface area contributed by atoms with Crippen LogP contribution in [0.1, 0.15) is 26.7 Å². The summed E-state index contributed by atoms with van der Waals surface area (Å²) < 4.78 is 1.42. The monoisotopic (exact) mass is 284 g/mol. The van der Waals surface area contributed by atoms with E-state index < -0.39 is 0 Å². The van der Waals surface area contributed by atoms with Crippen LogP contribution in [0, 0.1) is 5.92 Å². The molecule has 2 rings (SSSR count). The molecular weight excluding hydrogens is 264 g/mol. The molecule has 1 aromatic rings. The maximum absolute atomic E-state index is 12.1. The summed E-state index contributed by atoms with van der Waals surface area (Å²) in [5.74, 6) is 0.392. The Labute approximate surface area is 118 Å². The van der Waals surface area contributed by atoms with Crippen molar-refractivity contribution in [2.75, 3.05) is 18.0 Å². The Balaban J connectivity index is 2.26. The van der Waals surface area contributed by atoms with Crippen molar-refractivity contribution in [3.05, 3.63) is 21.6 Å². The number of nitrogens with two attached hydrogens (primary N) is 1. The highest BCUT2D eigenvalue weighted by Gasteiger charge is 2.25. The number of rotatable bonds is 3. The van der Waals surface area contributed by atoms with Crippen molar-refractivity contribution in [3.63, 3.8) is 0 Å². The van der Waals surface area contributed by atoms with Gasteiger partial charge in [-0.25, -0.2) is 4.68 Å². The minimum absolute atomic E-state index is 0.205. The predicted octanol–water partition coefficient (Wildman–Crippen LogP) is 1.48. The molecule has 6 heteroatoms. The van der Waals surface area contributed by atoms with Gasteiger partial charge in [0, 0.05) is 25.7 Å². The van der Waals surface area contributed by atoms with Gasteiger partial charge in [-0.3, -0.25) is 4.79 Å². The van der Waals surface area contributed by atoms with Crippen LogP contribution >= 0.6 is 11.6 Å². The fourth-order valence-corrected chi connectivity index (χ4v) is 2.70. The van der Waals surface area contributed by atoms with E-state index in [9.17, 15) is 4.79 Å². The number of aromatic nitrogens is 2. The zero-order chi connectivity index (χ0) is 14.0. The molecule has 2 unspecified atom stereocenters. The third-order valence-electron chi connectivity index (χ3n) is 3.71. The highest BCUT2D eigenvalue weighted by Crippen LogP contribution is 2.26. The van der Waals surface area contributed by atoms with Gasteiger partial charge < -0.3 is 10.6 Å². The van der Waals surface area contributed by atoms with Crippen LogP contribution < -0.4 is 16.2 Å².